The average Bonchev–Trinajstić information content (AvgIpc) is 2.91. The second kappa shape index (κ2) is 5.62. The quantitative estimate of drug-likeness (QED) is 0.807. The number of rotatable bonds is 2. The lowest BCUT2D eigenvalue weighted by atomic mass is 9.46. The van der Waals surface area contributed by atoms with E-state index >= 15 is 0 Å². The lowest BCUT2D eigenvalue weighted by Crippen LogP contribution is -2.56. The van der Waals surface area contributed by atoms with E-state index in [2.05, 4.69) is 13.8 Å². The van der Waals surface area contributed by atoms with Gasteiger partial charge in [0.25, 0.3) is 0 Å². The van der Waals surface area contributed by atoms with Crippen LogP contribution in [0.2, 0.25) is 0 Å². The summed E-state index contributed by atoms with van der Waals surface area (Å²) < 4.78 is 0. The minimum absolute atomic E-state index is 0.0514. The number of carbonyl (C=O) groups excluding carboxylic acids is 2. The van der Waals surface area contributed by atoms with Crippen LogP contribution in [0.1, 0.15) is 46.0 Å². The Morgan fingerprint density at radius 3 is 2.76 bits per heavy atom. The number of hydrogen-bond donors (Lipinski definition) is 2. The van der Waals surface area contributed by atoms with Gasteiger partial charge in [-0.15, -0.1) is 0 Å². The average molecular weight is 344 g/mol. The molecule has 0 bridgehead atoms. The van der Waals surface area contributed by atoms with Crippen molar-refractivity contribution in [2.75, 3.05) is 6.61 Å². The Kier molecular flexibility index (Phi) is 3.86. The van der Waals surface area contributed by atoms with E-state index in [4.69, 9.17) is 0 Å². The topological polar surface area (TPSA) is 74.6 Å². The molecule has 0 aromatic rings. The molecule has 4 aliphatic rings. The lowest BCUT2D eigenvalue weighted by Gasteiger charge is -2.58. The Hall–Kier alpha value is -1.26. The predicted octanol–water partition coefficient (Wildman–Crippen LogP) is 2.44. The molecule has 4 nitrogen and oxygen atoms in total. The molecule has 25 heavy (non-hydrogen) atoms. The third-order valence-electron chi connectivity index (χ3n) is 8.04. The van der Waals surface area contributed by atoms with Gasteiger partial charge in [0, 0.05) is 17.3 Å². The van der Waals surface area contributed by atoms with Gasteiger partial charge >= 0.3 is 0 Å². The molecule has 3 fully saturated rings. The highest BCUT2D eigenvalue weighted by atomic mass is 16.3. The van der Waals surface area contributed by atoms with Crippen LogP contribution in [-0.2, 0) is 9.59 Å². The van der Waals surface area contributed by atoms with Crippen molar-refractivity contribution in [1.82, 2.24) is 0 Å². The highest BCUT2D eigenvalue weighted by Crippen LogP contribution is 2.65. The maximum Gasteiger partial charge on any atom is 0.178 e. The van der Waals surface area contributed by atoms with Crippen molar-refractivity contribution in [3.8, 4) is 0 Å². The second-order valence-corrected chi connectivity index (χ2v) is 9.05. The van der Waals surface area contributed by atoms with Crippen molar-refractivity contribution in [3.05, 3.63) is 23.8 Å². The molecule has 0 spiro atoms. The van der Waals surface area contributed by atoms with E-state index in [1.807, 2.05) is 6.08 Å². The monoisotopic (exact) mass is 344 g/mol. The standard InChI is InChI=1S/C21H28O4/c1-20-8-7-13(23)9-12(20)3-4-14-15-5-6-16(18(25)11-22)21(15,2)10-17(24)19(14)20/h7-9,14-17,19,22,24H,3-6,10-11H2,1-2H3/t14?,15-,16?,17?,19?,20?,21?/m0/s1. The van der Waals surface area contributed by atoms with Crippen LogP contribution < -0.4 is 0 Å². The van der Waals surface area contributed by atoms with Gasteiger partial charge in [-0.2, -0.15) is 0 Å². The van der Waals surface area contributed by atoms with Gasteiger partial charge in [0.1, 0.15) is 6.61 Å². The van der Waals surface area contributed by atoms with E-state index in [0.29, 0.717) is 18.3 Å². The molecule has 0 amide bonds. The molecule has 7 atom stereocenters. The molecule has 0 saturated heterocycles. The molecule has 4 aliphatic carbocycles. The van der Waals surface area contributed by atoms with Crippen LogP contribution in [-0.4, -0.2) is 34.5 Å². The SMILES string of the molecule is CC12C=CC(=O)C=C1CCC1C2C(O)CC2(C)C(C(=O)CO)CC[C@@H]12. The van der Waals surface area contributed by atoms with Gasteiger partial charge in [-0.25, -0.2) is 0 Å². The fraction of sp³-hybridized carbons (Fsp3) is 0.714. The molecule has 3 saturated carbocycles. The summed E-state index contributed by atoms with van der Waals surface area (Å²) in [7, 11) is 0. The van der Waals surface area contributed by atoms with Crippen LogP contribution in [0.15, 0.2) is 23.8 Å². The highest BCUT2D eigenvalue weighted by molar-refractivity contribution is 6.01. The molecule has 2 N–H and O–H groups in total. The number of ketones is 2. The zero-order valence-electron chi connectivity index (χ0n) is 15.1. The summed E-state index contributed by atoms with van der Waals surface area (Å²) >= 11 is 0. The number of aliphatic hydroxyl groups excluding tert-OH is 2. The molecule has 136 valence electrons. The van der Waals surface area contributed by atoms with Crippen molar-refractivity contribution < 1.29 is 19.8 Å². The Morgan fingerprint density at radius 1 is 1.28 bits per heavy atom. The third-order valence-corrected chi connectivity index (χ3v) is 8.04. The summed E-state index contributed by atoms with van der Waals surface area (Å²) in [6.07, 6.45) is 9.25. The van der Waals surface area contributed by atoms with Crippen molar-refractivity contribution in [2.24, 2.45) is 34.5 Å². The number of aliphatic hydroxyl groups is 2. The smallest absolute Gasteiger partial charge is 0.178 e. The largest absolute Gasteiger partial charge is 0.393 e. The number of Topliss-reactive ketones (excluding diaryl/α,β-unsaturated/α-hetero) is 1. The fourth-order valence-electron chi connectivity index (χ4n) is 6.96. The first-order chi connectivity index (χ1) is 11.8. The number of allylic oxidation sites excluding steroid dienone is 4. The van der Waals surface area contributed by atoms with Gasteiger partial charge in [0.15, 0.2) is 11.6 Å². The molecule has 0 radical (unpaired) electrons. The Morgan fingerprint density at radius 2 is 2.04 bits per heavy atom. The van der Waals surface area contributed by atoms with Gasteiger partial charge in [0.05, 0.1) is 6.10 Å². The fourth-order valence-corrected chi connectivity index (χ4v) is 6.96. The van der Waals surface area contributed by atoms with Crippen molar-refractivity contribution in [3.63, 3.8) is 0 Å². The zero-order valence-corrected chi connectivity index (χ0v) is 15.1. The van der Waals surface area contributed by atoms with Gasteiger partial charge < -0.3 is 10.2 Å². The maximum absolute atomic E-state index is 12.3. The summed E-state index contributed by atoms with van der Waals surface area (Å²) in [4.78, 5) is 24.1. The minimum atomic E-state index is -0.482. The molecule has 0 aliphatic heterocycles. The molecular formula is C21H28O4. The van der Waals surface area contributed by atoms with Crippen LogP contribution in [0.25, 0.3) is 0 Å². The normalized spacial score (nSPS) is 48.4. The van der Waals surface area contributed by atoms with E-state index < -0.39 is 12.7 Å². The first-order valence-electron chi connectivity index (χ1n) is 9.57. The number of hydrogen-bond acceptors (Lipinski definition) is 4. The van der Waals surface area contributed by atoms with Crippen LogP contribution in [0.4, 0.5) is 0 Å². The Balaban J connectivity index is 1.71. The predicted molar refractivity (Wildman–Crippen MR) is 93.6 cm³/mol. The molecule has 0 aromatic heterocycles. The Labute approximate surface area is 149 Å². The maximum atomic E-state index is 12.3. The van der Waals surface area contributed by atoms with Gasteiger partial charge in [0.2, 0.25) is 0 Å². The first-order valence-corrected chi connectivity index (χ1v) is 9.57. The Bertz CT molecular complexity index is 677. The lowest BCUT2D eigenvalue weighted by molar-refractivity contribution is -0.141. The molecule has 0 aromatic carbocycles. The first kappa shape index (κ1) is 17.2. The van der Waals surface area contributed by atoms with Crippen LogP contribution in [0.5, 0.6) is 0 Å². The third kappa shape index (κ3) is 2.26. The summed E-state index contributed by atoms with van der Waals surface area (Å²) in [6, 6.07) is 0. The molecule has 4 rings (SSSR count). The van der Waals surface area contributed by atoms with E-state index in [1.165, 1.54) is 0 Å². The molecule has 6 unspecified atom stereocenters. The molecule has 4 heteroatoms. The summed E-state index contributed by atoms with van der Waals surface area (Å²) in [5, 5.41) is 20.5. The molecule has 0 heterocycles. The summed E-state index contributed by atoms with van der Waals surface area (Å²) in [5.41, 5.74) is 0.688. The number of carbonyl (C=O) groups is 2. The van der Waals surface area contributed by atoms with Gasteiger partial charge in [-0.05, 0) is 61.5 Å². The zero-order chi connectivity index (χ0) is 18.0. The van der Waals surface area contributed by atoms with Crippen molar-refractivity contribution in [1.29, 1.82) is 0 Å². The van der Waals surface area contributed by atoms with Gasteiger partial charge in [-0.3, -0.25) is 9.59 Å². The van der Waals surface area contributed by atoms with Crippen LogP contribution in [0, 0.1) is 34.5 Å². The minimum Gasteiger partial charge on any atom is -0.393 e. The van der Waals surface area contributed by atoms with Crippen LogP contribution in [0.3, 0.4) is 0 Å². The second-order valence-electron chi connectivity index (χ2n) is 9.05. The van der Waals surface area contributed by atoms with E-state index in [0.717, 1.165) is 31.3 Å². The van der Waals surface area contributed by atoms with Crippen molar-refractivity contribution >= 4 is 11.6 Å². The summed E-state index contributed by atoms with van der Waals surface area (Å²) in [6.45, 7) is 3.92. The summed E-state index contributed by atoms with van der Waals surface area (Å²) in [5.74, 6) is 0.734. The van der Waals surface area contributed by atoms with Crippen LogP contribution >= 0.6 is 0 Å². The van der Waals surface area contributed by atoms with E-state index in [9.17, 15) is 19.8 Å². The number of fused-ring (bicyclic) bond motifs is 5. The highest BCUT2D eigenvalue weighted by Gasteiger charge is 2.62. The van der Waals surface area contributed by atoms with Crippen molar-refractivity contribution in [2.45, 2.75) is 52.1 Å². The van der Waals surface area contributed by atoms with Gasteiger partial charge in [-0.1, -0.05) is 25.5 Å². The van der Waals surface area contributed by atoms with E-state index in [1.54, 1.807) is 12.2 Å². The van der Waals surface area contributed by atoms with E-state index in [-0.39, 0.29) is 34.2 Å². The molecular weight excluding hydrogens is 316 g/mol.